The van der Waals surface area contributed by atoms with Crippen molar-refractivity contribution < 1.29 is 4.79 Å². The van der Waals surface area contributed by atoms with E-state index in [9.17, 15) is 4.79 Å². The molecular weight excluding hydrogens is 342 g/mol. The van der Waals surface area contributed by atoms with Crippen LogP contribution in [0.25, 0.3) is 5.69 Å². The smallest absolute Gasteiger partial charge is 0.234 e. The lowest BCUT2D eigenvalue weighted by Crippen LogP contribution is -2.15. The number of nitrogens with zero attached hydrogens (tertiary/aromatic N) is 2. The fourth-order valence-electron chi connectivity index (χ4n) is 2.88. The molecule has 0 atom stereocenters. The van der Waals surface area contributed by atoms with E-state index in [1.54, 1.807) is 11.8 Å². The third-order valence-electron chi connectivity index (χ3n) is 4.14. The molecule has 0 radical (unpaired) electrons. The molecule has 1 N–H and O–H groups in total. The Balaban J connectivity index is 1.62. The van der Waals surface area contributed by atoms with Gasteiger partial charge in [0.1, 0.15) is 0 Å². The summed E-state index contributed by atoms with van der Waals surface area (Å²) in [5, 5.41) is 7.59. The molecule has 0 unspecified atom stereocenters. The molecule has 3 rings (SSSR count). The zero-order valence-corrected chi connectivity index (χ0v) is 16.1. The maximum Gasteiger partial charge on any atom is 0.234 e. The number of rotatable bonds is 6. The van der Waals surface area contributed by atoms with Gasteiger partial charge in [0.05, 0.1) is 28.5 Å². The van der Waals surface area contributed by atoms with Crippen LogP contribution < -0.4 is 5.32 Å². The predicted octanol–water partition coefficient (Wildman–Crippen LogP) is 4.67. The van der Waals surface area contributed by atoms with Gasteiger partial charge in [0.25, 0.3) is 0 Å². The molecule has 0 fully saturated rings. The van der Waals surface area contributed by atoms with Crippen molar-refractivity contribution in [3.05, 3.63) is 77.1 Å². The minimum atomic E-state index is 0.00136. The molecule has 0 saturated carbocycles. The summed E-state index contributed by atoms with van der Waals surface area (Å²) >= 11 is 1.62. The van der Waals surface area contributed by atoms with Crippen LogP contribution in [0.2, 0.25) is 0 Å². The number of hydrogen-bond donors (Lipinski definition) is 1. The predicted molar refractivity (Wildman–Crippen MR) is 109 cm³/mol. The second-order valence-corrected chi connectivity index (χ2v) is 7.31. The minimum Gasteiger partial charge on any atom is -0.322 e. The topological polar surface area (TPSA) is 46.9 Å². The average Bonchev–Trinajstić information content (AvgIpc) is 2.91. The highest BCUT2D eigenvalue weighted by Gasteiger charge is 2.15. The molecule has 4 nitrogen and oxygen atoms in total. The minimum absolute atomic E-state index is 0.00136. The van der Waals surface area contributed by atoms with Gasteiger partial charge in [0, 0.05) is 5.75 Å². The van der Waals surface area contributed by atoms with Crippen molar-refractivity contribution in [2.75, 3.05) is 11.1 Å². The first-order valence-corrected chi connectivity index (χ1v) is 9.75. The van der Waals surface area contributed by atoms with E-state index in [1.807, 2.05) is 48.9 Å². The summed E-state index contributed by atoms with van der Waals surface area (Å²) < 4.78 is 1.87. The summed E-state index contributed by atoms with van der Waals surface area (Å²) in [4.78, 5) is 12.4. The van der Waals surface area contributed by atoms with Crippen LogP contribution in [-0.2, 0) is 10.5 Å². The van der Waals surface area contributed by atoms with Crippen molar-refractivity contribution in [1.29, 1.82) is 0 Å². The molecule has 0 aliphatic heterocycles. The van der Waals surface area contributed by atoms with Gasteiger partial charge in [-0.2, -0.15) is 5.10 Å². The Morgan fingerprint density at radius 2 is 1.85 bits per heavy atom. The lowest BCUT2D eigenvalue weighted by Gasteiger charge is -2.07. The monoisotopic (exact) mass is 365 g/mol. The fraction of sp³-hybridized carbons (Fsp3) is 0.238. The maximum absolute atomic E-state index is 12.4. The van der Waals surface area contributed by atoms with E-state index in [2.05, 4.69) is 41.6 Å². The lowest BCUT2D eigenvalue weighted by atomic mass is 10.2. The molecule has 0 saturated heterocycles. The van der Waals surface area contributed by atoms with Gasteiger partial charge >= 0.3 is 0 Å². The SMILES string of the molecule is Cc1cccc(CSCC(=O)Nc2c(C)nn(-c3ccccc3)c2C)c1. The third-order valence-corrected chi connectivity index (χ3v) is 5.14. The van der Waals surface area contributed by atoms with Crippen molar-refractivity contribution in [2.24, 2.45) is 0 Å². The molecule has 0 bridgehead atoms. The number of benzene rings is 2. The summed E-state index contributed by atoms with van der Waals surface area (Å²) in [6, 6.07) is 18.3. The molecule has 3 aromatic rings. The molecule has 1 aromatic heterocycles. The van der Waals surface area contributed by atoms with E-state index in [0.29, 0.717) is 5.75 Å². The maximum atomic E-state index is 12.4. The van der Waals surface area contributed by atoms with Crippen molar-refractivity contribution in [3.63, 3.8) is 0 Å². The number of para-hydroxylation sites is 1. The fourth-order valence-corrected chi connectivity index (χ4v) is 3.66. The number of aromatic nitrogens is 2. The van der Waals surface area contributed by atoms with E-state index < -0.39 is 0 Å². The molecular formula is C21H23N3OS. The van der Waals surface area contributed by atoms with E-state index in [-0.39, 0.29) is 5.91 Å². The van der Waals surface area contributed by atoms with Crippen LogP contribution in [0.15, 0.2) is 54.6 Å². The van der Waals surface area contributed by atoms with Gasteiger partial charge in [0.15, 0.2) is 0 Å². The van der Waals surface area contributed by atoms with E-state index >= 15 is 0 Å². The summed E-state index contributed by atoms with van der Waals surface area (Å²) in [5.74, 6) is 1.25. The molecule has 134 valence electrons. The second kappa shape index (κ2) is 8.23. The van der Waals surface area contributed by atoms with Crippen LogP contribution in [0.5, 0.6) is 0 Å². The number of aryl methyl sites for hydroxylation is 2. The number of carbonyl (C=O) groups excluding carboxylic acids is 1. The first-order valence-electron chi connectivity index (χ1n) is 8.59. The Labute approximate surface area is 158 Å². The summed E-state index contributed by atoms with van der Waals surface area (Å²) in [7, 11) is 0. The van der Waals surface area contributed by atoms with Crippen molar-refractivity contribution in [2.45, 2.75) is 26.5 Å². The van der Waals surface area contributed by atoms with Crippen LogP contribution in [0.4, 0.5) is 5.69 Å². The van der Waals surface area contributed by atoms with Gasteiger partial charge in [-0.3, -0.25) is 4.79 Å². The Morgan fingerprint density at radius 3 is 2.58 bits per heavy atom. The van der Waals surface area contributed by atoms with E-state index in [0.717, 1.165) is 28.5 Å². The normalized spacial score (nSPS) is 10.7. The molecule has 0 aliphatic carbocycles. The Hall–Kier alpha value is -2.53. The highest BCUT2D eigenvalue weighted by atomic mass is 32.2. The summed E-state index contributed by atoms with van der Waals surface area (Å²) in [5.41, 5.74) is 6.03. The van der Waals surface area contributed by atoms with Crippen molar-refractivity contribution in [1.82, 2.24) is 9.78 Å². The number of nitrogens with one attached hydrogen (secondary N) is 1. The standard InChI is InChI=1S/C21H23N3OS/c1-15-8-7-9-18(12-15)13-26-14-20(25)22-21-16(2)23-24(17(21)3)19-10-5-4-6-11-19/h4-12H,13-14H2,1-3H3,(H,22,25). The first-order chi connectivity index (χ1) is 12.5. The number of hydrogen-bond acceptors (Lipinski definition) is 3. The van der Waals surface area contributed by atoms with Crippen molar-refractivity contribution >= 4 is 23.4 Å². The zero-order chi connectivity index (χ0) is 18.5. The molecule has 26 heavy (non-hydrogen) atoms. The van der Waals surface area contributed by atoms with E-state index in [4.69, 9.17) is 0 Å². The molecule has 0 spiro atoms. The third kappa shape index (κ3) is 4.35. The number of anilines is 1. The molecule has 5 heteroatoms. The number of carbonyl (C=O) groups is 1. The molecule has 0 aliphatic rings. The van der Waals surface area contributed by atoms with Gasteiger partial charge in [-0.15, -0.1) is 11.8 Å². The Kier molecular flexibility index (Phi) is 5.78. The van der Waals surface area contributed by atoms with Crippen molar-refractivity contribution in [3.8, 4) is 5.69 Å². The largest absolute Gasteiger partial charge is 0.322 e. The highest BCUT2D eigenvalue weighted by Crippen LogP contribution is 2.23. The van der Waals surface area contributed by atoms with Gasteiger partial charge < -0.3 is 5.32 Å². The summed E-state index contributed by atoms with van der Waals surface area (Å²) in [6.45, 7) is 5.97. The number of amides is 1. The Bertz CT molecular complexity index is 903. The van der Waals surface area contributed by atoms with Crippen LogP contribution in [0.3, 0.4) is 0 Å². The number of thioether (sulfide) groups is 1. The molecule has 1 amide bonds. The zero-order valence-electron chi connectivity index (χ0n) is 15.3. The van der Waals surface area contributed by atoms with Gasteiger partial charge in [-0.1, -0.05) is 48.0 Å². The molecule has 1 heterocycles. The lowest BCUT2D eigenvalue weighted by molar-refractivity contribution is -0.113. The quantitative estimate of drug-likeness (QED) is 0.690. The first kappa shape index (κ1) is 18.3. The highest BCUT2D eigenvalue weighted by molar-refractivity contribution is 7.99. The Morgan fingerprint density at radius 1 is 1.08 bits per heavy atom. The van der Waals surface area contributed by atoms with Crippen LogP contribution in [0, 0.1) is 20.8 Å². The van der Waals surface area contributed by atoms with Crippen LogP contribution in [-0.4, -0.2) is 21.4 Å². The van der Waals surface area contributed by atoms with E-state index in [1.165, 1.54) is 11.1 Å². The summed E-state index contributed by atoms with van der Waals surface area (Å²) in [6.07, 6.45) is 0. The van der Waals surface area contributed by atoms with Crippen LogP contribution >= 0.6 is 11.8 Å². The van der Waals surface area contributed by atoms with Gasteiger partial charge in [-0.05, 0) is 38.5 Å². The molecule has 2 aromatic carbocycles. The van der Waals surface area contributed by atoms with Gasteiger partial charge in [-0.25, -0.2) is 4.68 Å². The average molecular weight is 366 g/mol. The van der Waals surface area contributed by atoms with Gasteiger partial charge in [0.2, 0.25) is 5.91 Å². The van der Waals surface area contributed by atoms with Crippen LogP contribution in [0.1, 0.15) is 22.5 Å². The second-order valence-electron chi connectivity index (χ2n) is 6.32.